The fourth-order valence-electron chi connectivity index (χ4n) is 4.12. The van der Waals surface area contributed by atoms with Crippen molar-refractivity contribution in [1.29, 1.82) is 0 Å². The van der Waals surface area contributed by atoms with E-state index in [1.807, 2.05) is 37.9 Å². The predicted molar refractivity (Wildman–Crippen MR) is 105 cm³/mol. The van der Waals surface area contributed by atoms with Crippen molar-refractivity contribution in [2.24, 2.45) is 5.92 Å². The molecule has 1 saturated heterocycles. The van der Waals surface area contributed by atoms with Gasteiger partial charge < -0.3 is 4.90 Å². The average Bonchev–Trinajstić information content (AvgIpc) is 3.25. The van der Waals surface area contributed by atoms with E-state index in [2.05, 4.69) is 16.8 Å². The third kappa shape index (κ3) is 3.88. The Bertz CT molecular complexity index is 866. The highest BCUT2D eigenvalue weighted by molar-refractivity contribution is 5.86. The minimum Gasteiger partial charge on any atom is -0.342 e. The lowest BCUT2D eigenvalue weighted by atomic mass is 9.89. The third-order valence-electron chi connectivity index (χ3n) is 5.35. The summed E-state index contributed by atoms with van der Waals surface area (Å²) in [6.07, 6.45) is 5.08. The highest BCUT2D eigenvalue weighted by atomic mass is 19.1. The summed E-state index contributed by atoms with van der Waals surface area (Å²) in [7, 11) is 1.91. The number of halogens is 1. The molecule has 0 N–H and O–H groups in total. The van der Waals surface area contributed by atoms with E-state index in [4.69, 9.17) is 0 Å². The molecule has 2 aliphatic rings. The smallest absolute Gasteiger partial charge is 0.232 e. The second kappa shape index (κ2) is 8.35. The largest absolute Gasteiger partial charge is 0.342 e. The molecule has 1 aliphatic carbocycles. The number of carbonyl (C=O) groups excluding carboxylic acids is 1. The normalized spacial score (nSPS) is 23.2. The molecular formula is C23H25FN2O. The number of aromatic nitrogens is 1. The maximum absolute atomic E-state index is 13.2. The van der Waals surface area contributed by atoms with Crippen LogP contribution in [0.1, 0.15) is 55.8 Å². The number of likely N-dealkylation sites (N-methyl/N-ethyl adjacent to an activating group) is 1. The fraction of sp³-hybridized carbons (Fsp3) is 0.391. The van der Waals surface area contributed by atoms with E-state index in [0.717, 1.165) is 24.1 Å². The zero-order valence-corrected chi connectivity index (χ0v) is 16.1. The number of nitrogens with zero attached hydrogens (tertiary/aromatic N) is 2. The number of rotatable bonds is 1. The number of amides is 1. The molecule has 0 spiro atoms. The van der Waals surface area contributed by atoms with E-state index in [9.17, 15) is 9.18 Å². The van der Waals surface area contributed by atoms with Crippen molar-refractivity contribution in [3.05, 3.63) is 65.2 Å². The Balaban J connectivity index is 0.00000102. The second-order valence-electron chi connectivity index (χ2n) is 6.82. The van der Waals surface area contributed by atoms with Gasteiger partial charge in [0.15, 0.2) is 0 Å². The molecule has 1 aromatic heterocycles. The molecule has 2 aromatic rings. The lowest BCUT2D eigenvalue weighted by Crippen LogP contribution is -2.29. The maximum atomic E-state index is 13.2. The van der Waals surface area contributed by atoms with Crippen molar-refractivity contribution in [1.82, 2.24) is 9.88 Å². The predicted octanol–water partition coefficient (Wildman–Crippen LogP) is 4.37. The SMILES string of the molecule is CC.CN1C(=O)C(c2ccc(C#Cc3cccc(F)c3)cn2)[C@H]2CCC[C@H]21. The summed E-state index contributed by atoms with van der Waals surface area (Å²) in [6.45, 7) is 4.00. The van der Waals surface area contributed by atoms with Gasteiger partial charge in [-0.25, -0.2) is 4.39 Å². The molecule has 3 nitrogen and oxygen atoms in total. The number of fused-ring (bicyclic) bond motifs is 1. The average molecular weight is 364 g/mol. The van der Waals surface area contributed by atoms with Crippen molar-refractivity contribution in [2.75, 3.05) is 7.05 Å². The van der Waals surface area contributed by atoms with E-state index < -0.39 is 0 Å². The van der Waals surface area contributed by atoms with E-state index in [-0.39, 0.29) is 17.6 Å². The first-order chi connectivity index (χ1) is 13.1. The first-order valence-corrected chi connectivity index (χ1v) is 9.64. The Morgan fingerprint density at radius 2 is 1.89 bits per heavy atom. The quantitative estimate of drug-likeness (QED) is 0.704. The summed E-state index contributed by atoms with van der Waals surface area (Å²) in [5.41, 5.74) is 2.22. The monoisotopic (exact) mass is 364 g/mol. The number of carbonyl (C=O) groups is 1. The molecule has 0 radical (unpaired) electrons. The van der Waals surface area contributed by atoms with Crippen molar-refractivity contribution in [2.45, 2.75) is 45.1 Å². The molecule has 3 atom stereocenters. The van der Waals surface area contributed by atoms with Crippen LogP contribution in [0.4, 0.5) is 4.39 Å². The minimum atomic E-state index is -0.296. The Kier molecular flexibility index (Phi) is 5.91. The molecule has 4 heteroatoms. The van der Waals surface area contributed by atoms with Crippen LogP contribution in [0.25, 0.3) is 0 Å². The molecule has 140 valence electrons. The summed E-state index contributed by atoms with van der Waals surface area (Å²) in [5, 5.41) is 0. The molecule has 1 amide bonds. The zero-order valence-electron chi connectivity index (χ0n) is 16.1. The first kappa shape index (κ1) is 19.1. The Morgan fingerprint density at radius 1 is 1.11 bits per heavy atom. The van der Waals surface area contributed by atoms with E-state index in [0.29, 0.717) is 17.5 Å². The van der Waals surface area contributed by atoms with Gasteiger partial charge in [0.1, 0.15) is 5.82 Å². The van der Waals surface area contributed by atoms with Crippen LogP contribution in [-0.2, 0) is 4.79 Å². The third-order valence-corrected chi connectivity index (χ3v) is 5.35. The molecule has 2 heterocycles. The van der Waals surface area contributed by atoms with E-state index in [1.165, 1.54) is 18.6 Å². The van der Waals surface area contributed by atoms with Crippen LogP contribution in [0.3, 0.4) is 0 Å². The van der Waals surface area contributed by atoms with Crippen molar-refractivity contribution in [3.8, 4) is 11.8 Å². The van der Waals surface area contributed by atoms with Gasteiger partial charge in [0.25, 0.3) is 0 Å². The van der Waals surface area contributed by atoms with Crippen LogP contribution in [0.5, 0.6) is 0 Å². The van der Waals surface area contributed by atoms with Crippen LogP contribution in [-0.4, -0.2) is 28.9 Å². The summed E-state index contributed by atoms with van der Waals surface area (Å²) in [6, 6.07) is 10.4. The summed E-state index contributed by atoms with van der Waals surface area (Å²) < 4.78 is 13.2. The first-order valence-electron chi connectivity index (χ1n) is 9.64. The summed E-state index contributed by atoms with van der Waals surface area (Å²) in [5.74, 6) is 6.08. The van der Waals surface area contributed by atoms with Crippen LogP contribution in [0.2, 0.25) is 0 Å². The number of benzene rings is 1. The van der Waals surface area contributed by atoms with Crippen LogP contribution in [0.15, 0.2) is 42.6 Å². The van der Waals surface area contributed by atoms with Gasteiger partial charge in [0, 0.05) is 30.4 Å². The highest BCUT2D eigenvalue weighted by Gasteiger charge is 2.49. The van der Waals surface area contributed by atoms with Gasteiger partial charge in [-0.2, -0.15) is 0 Å². The summed E-state index contributed by atoms with van der Waals surface area (Å²) >= 11 is 0. The molecule has 2 fully saturated rings. The Hall–Kier alpha value is -2.67. The molecule has 27 heavy (non-hydrogen) atoms. The van der Waals surface area contributed by atoms with Crippen molar-refractivity contribution >= 4 is 5.91 Å². The van der Waals surface area contributed by atoms with Gasteiger partial charge in [-0.05, 0) is 49.1 Å². The minimum absolute atomic E-state index is 0.122. The molecule has 1 aliphatic heterocycles. The molecule has 0 bridgehead atoms. The number of hydrogen-bond donors (Lipinski definition) is 0. The molecule has 1 unspecified atom stereocenters. The topological polar surface area (TPSA) is 33.2 Å². The number of pyridine rings is 1. The molecule has 1 saturated carbocycles. The fourth-order valence-corrected chi connectivity index (χ4v) is 4.12. The number of likely N-dealkylation sites (tertiary alicyclic amines) is 1. The lowest BCUT2D eigenvalue weighted by molar-refractivity contribution is -0.129. The van der Waals surface area contributed by atoms with E-state index in [1.54, 1.807) is 18.3 Å². The standard InChI is InChI=1S/C21H19FN2O.C2H6/c1-24-19-7-3-6-17(19)20(21(24)25)18-11-10-15(13-23-18)9-8-14-4-2-5-16(22)12-14;1-2/h2,4-5,10-13,17,19-20H,3,6-7H2,1H3;1-2H3/t17-,19+,20?;/m0./s1. The van der Waals surface area contributed by atoms with Gasteiger partial charge in [0.05, 0.1) is 11.6 Å². The van der Waals surface area contributed by atoms with Crippen molar-refractivity contribution < 1.29 is 9.18 Å². The van der Waals surface area contributed by atoms with Gasteiger partial charge in [-0.1, -0.05) is 38.2 Å². The molecule has 4 rings (SSSR count). The Morgan fingerprint density at radius 3 is 2.59 bits per heavy atom. The Labute approximate surface area is 160 Å². The van der Waals surface area contributed by atoms with E-state index >= 15 is 0 Å². The molecular weight excluding hydrogens is 339 g/mol. The van der Waals surface area contributed by atoms with Gasteiger partial charge >= 0.3 is 0 Å². The highest BCUT2D eigenvalue weighted by Crippen LogP contribution is 2.45. The van der Waals surface area contributed by atoms with Crippen LogP contribution in [0, 0.1) is 23.6 Å². The summed E-state index contributed by atoms with van der Waals surface area (Å²) in [4.78, 5) is 19.0. The van der Waals surface area contributed by atoms with Crippen LogP contribution < -0.4 is 0 Å². The maximum Gasteiger partial charge on any atom is 0.232 e. The van der Waals surface area contributed by atoms with Gasteiger partial charge in [-0.3, -0.25) is 9.78 Å². The van der Waals surface area contributed by atoms with Crippen molar-refractivity contribution in [3.63, 3.8) is 0 Å². The zero-order chi connectivity index (χ0) is 19.4. The van der Waals surface area contributed by atoms with Gasteiger partial charge in [0.2, 0.25) is 5.91 Å². The van der Waals surface area contributed by atoms with Crippen LogP contribution >= 0.6 is 0 Å². The lowest BCUT2D eigenvalue weighted by Gasteiger charge is -2.17. The number of hydrogen-bond acceptors (Lipinski definition) is 2. The van der Waals surface area contributed by atoms with Gasteiger partial charge in [-0.15, -0.1) is 0 Å². The second-order valence-corrected chi connectivity index (χ2v) is 6.82. The molecule has 1 aromatic carbocycles.